The van der Waals surface area contributed by atoms with E-state index in [1.165, 1.54) is 36.6 Å². The number of anilines is 2. The molecule has 0 bridgehead atoms. The zero-order valence-corrected chi connectivity index (χ0v) is 19.2. The summed E-state index contributed by atoms with van der Waals surface area (Å²) in [5.74, 6) is -0.685. The van der Waals surface area contributed by atoms with Gasteiger partial charge in [0.2, 0.25) is 5.91 Å². The summed E-state index contributed by atoms with van der Waals surface area (Å²) in [6.45, 7) is 1.89. The number of fused-ring (bicyclic) bond motifs is 1. The van der Waals surface area contributed by atoms with E-state index in [2.05, 4.69) is 25.2 Å². The SMILES string of the molecule is O=C(CSc1ncnc2nc(N3CCCCCC3)sc12)Nc1ccc(Cl)cc1C(F)(F)F. The van der Waals surface area contributed by atoms with E-state index >= 15 is 0 Å². The predicted octanol–water partition coefficient (Wildman–Crippen LogP) is 5.87. The van der Waals surface area contributed by atoms with Crippen LogP contribution in [0.4, 0.5) is 24.0 Å². The number of aromatic nitrogens is 3. The van der Waals surface area contributed by atoms with Crippen molar-refractivity contribution in [3.63, 3.8) is 0 Å². The summed E-state index contributed by atoms with van der Waals surface area (Å²) in [6, 6.07) is 3.24. The summed E-state index contributed by atoms with van der Waals surface area (Å²) in [5.41, 5.74) is -0.761. The number of hydrogen-bond donors (Lipinski definition) is 1. The van der Waals surface area contributed by atoms with Crippen LogP contribution in [-0.4, -0.2) is 39.7 Å². The number of carbonyl (C=O) groups excluding carboxylic acids is 1. The highest BCUT2D eigenvalue weighted by atomic mass is 35.5. The van der Waals surface area contributed by atoms with Gasteiger partial charge in [-0.25, -0.2) is 9.97 Å². The van der Waals surface area contributed by atoms with E-state index in [1.807, 2.05) is 0 Å². The van der Waals surface area contributed by atoms with Gasteiger partial charge in [-0.1, -0.05) is 47.5 Å². The molecule has 1 aromatic carbocycles. The fourth-order valence-corrected chi connectivity index (χ4v) is 5.52. The van der Waals surface area contributed by atoms with Gasteiger partial charge in [0.15, 0.2) is 10.8 Å². The second-order valence-corrected chi connectivity index (χ2v) is 9.63. The number of thiazole rings is 1. The smallest absolute Gasteiger partial charge is 0.348 e. The molecule has 1 aliphatic rings. The Morgan fingerprint density at radius 1 is 1.19 bits per heavy atom. The molecule has 0 radical (unpaired) electrons. The average molecular weight is 502 g/mol. The number of hydrogen-bond acceptors (Lipinski definition) is 7. The molecule has 32 heavy (non-hydrogen) atoms. The van der Waals surface area contributed by atoms with Gasteiger partial charge in [0.05, 0.1) is 17.0 Å². The molecule has 4 rings (SSSR count). The Morgan fingerprint density at radius 3 is 2.66 bits per heavy atom. The number of benzene rings is 1. The van der Waals surface area contributed by atoms with Crippen LogP contribution in [0.5, 0.6) is 0 Å². The van der Waals surface area contributed by atoms with Crippen LogP contribution in [0.1, 0.15) is 31.2 Å². The fourth-order valence-electron chi connectivity index (χ4n) is 3.40. The molecule has 2 aromatic heterocycles. The topological polar surface area (TPSA) is 71.0 Å². The minimum absolute atomic E-state index is 0.0570. The maximum absolute atomic E-state index is 13.2. The third-order valence-electron chi connectivity index (χ3n) is 4.92. The van der Waals surface area contributed by atoms with Crippen molar-refractivity contribution >= 4 is 61.8 Å². The standard InChI is InChI=1S/C20H19ClF3N5OS2/c21-12-5-6-14(13(9-12)20(22,23)24)27-15(30)10-31-18-16-17(25-11-26-18)28-19(32-16)29-7-3-1-2-4-8-29/h5-6,9,11H,1-4,7-8,10H2,(H,27,30). The molecular formula is C20H19ClF3N5OS2. The first-order chi connectivity index (χ1) is 15.3. The van der Waals surface area contributed by atoms with Gasteiger partial charge in [-0.3, -0.25) is 4.79 Å². The quantitative estimate of drug-likeness (QED) is 0.348. The average Bonchev–Trinajstić information content (AvgIpc) is 3.00. The summed E-state index contributed by atoms with van der Waals surface area (Å²) in [5, 5.41) is 3.73. The number of alkyl halides is 3. The molecule has 3 heterocycles. The number of carbonyl (C=O) groups is 1. The van der Waals surface area contributed by atoms with Crippen molar-refractivity contribution in [1.82, 2.24) is 15.0 Å². The largest absolute Gasteiger partial charge is 0.418 e. The Bertz CT molecular complexity index is 1120. The Kier molecular flexibility index (Phi) is 7.06. The van der Waals surface area contributed by atoms with E-state index in [0.717, 1.165) is 59.7 Å². The number of thioether (sulfide) groups is 1. The number of rotatable bonds is 5. The summed E-state index contributed by atoms with van der Waals surface area (Å²) in [7, 11) is 0. The first kappa shape index (κ1) is 23.1. The molecule has 170 valence electrons. The molecule has 1 saturated heterocycles. The Labute approximate surface area is 195 Å². The normalized spacial score (nSPS) is 15.1. The van der Waals surface area contributed by atoms with Gasteiger partial charge in [-0.15, -0.1) is 0 Å². The van der Waals surface area contributed by atoms with Crippen molar-refractivity contribution in [2.24, 2.45) is 0 Å². The first-order valence-electron chi connectivity index (χ1n) is 9.97. The number of halogens is 4. The Balaban J connectivity index is 1.47. The molecule has 0 spiro atoms. The maximum atomic E-state index is 13.2. The molecular weight excluding hydrogens is 483 g/mol. The molecule has 0 atom stereocenters. The maximum Gasteiger partial charge on any atom is 0.418 e. The molecule has 0 aliphatic carbocycles. The number of amides is 1. The number of nitrogens with one attached hydrogen (secondary N) is 1. The molecule has 1 amide bonds. The first-order valence-corrected chi connectivity index (χ1v) is 12.1. The summed E-state index contributed by atoms with van der Waals surface area (Å²) in [6.07, 6.45) is 1.41. The van der Waals surface area contributed by atoms with Crippen molar-refractivity contribution in [1.29, 1.82) is 0 Å². The van der Waals surface area contributed by atoms with Crippen molar-refractivity contribution in [2.45, 2.75) is 36.9 Å². The van der Waals surface area contributed by atoms with Crippen LogP contribution in [0.25, 0.3) is 10.3 Å². The lowest BCUT2D eigenvalue weighted by Crippen LogP contribution is -2.23. The van der Waals surface area contributed by atoms with Gasteiger partial charge in [-0.05, 0) is 31.0 Å². The lowest BCUT2D eigenvalue weighted by Gasteiger charge is -2.18. The molecule has 1 fully saturated rings. The number of nitrogens with zero attached hydrogens (tertiary/aromatic N) is 4. The van der Waals surface area contributed by atoms with E-state index in [9.17, 15) is 18.0 Å². The lowest BCUT2D eigenvalue weighted by molar-refractivity contribution is -0.137. The highest BCUT2D eigenvalue weighted by Crippen LogP contribution is 2.37. The Morgan fingerprint density at radius 2 is 1.94 bits per heavy atom. The van der Waals surface area contributed by atoms with Crippen LogP contribution >= 0.6 is 34.7 Å². The molecule has 1 aliphatic heterocycles. The van der Waals surface area contributed by atoms with Crippen molar-refractivity contribution < 1.29 is 18.0 Å². The monoisotopic (exact) mass is 501 g/mol. The highest BCUT2D eigenvalue weighted by Gasteiger charge is 2.34. The van der Waals surface area contributed by atoms with Gasteiger partial charge >= 0.3 is 6.18 Å². The zero-order chi connectivity index (χ0) is 22.7. The van der Waals surface area contributed by atoms with Crippen molar-refractivity contribution in [2.75, 3.05) is 29.1 Å². The molecule has 12 heteroatoms. The summed E-state index contributed by atoms with van der Waals surface area (Å²) in [4.78, 5) is 27.7. The van der Waals surface area contributed by atoms with Crippen LogP contribution in [-0.2, 0) is 11.0 Å². The van der Waals surface area contributed by atoms with Gasteiger partial charge in [0.25, 0.3) is 0 Å². The molecule has 1 N–H and O–H groups in total. The van der Waals surface area contributed by atoms with Gasteiger partial charge in [-0.2, -0.15) is 18.2 Å². The van der Waals surface area contributed by atoms with Crippen LogP contribution in [0.2, 0.25) is 5.02 Å². The van der Waals surface area contributed by atoms with Crippen LogP contribution in [0, 0.1) is 0 Å². The fraction of sp³-hybridized carbons (Fsp3) is 0.400. The van der Waals surface area contributed by atoms with Crippen molar-refractivity contribution in [3.8, 4) is 0 Å². The predicted molar refractivity (Wildman–Crippen MR) is 122 cm³/mol. The summed E-state index contributed by atoms with van der Waals surface area (Å²) >= 11 is 8.30. The van der Waals surface area contributed by atoms with Crippen LogP contribution in [0.3, 0.4) is 0 Å². The minimum Gasteiger partial charge on any atom is -0.348 e. The zero-order valence-electron chi connectivity index (χ0n) is 16.8. The minimum atomic E-state index is -4.63. The van der Waals surface area contributed by atoms with E-state index < -0.39 is 17.6 Å². The second-order valence-electron chi connectivity index (χ2n) is 7.25. The summed E-state index contributed by atoms with van der Waals surface area (Å²) < 4.78 is 40.5. The second kappa shape index (κ2) is 9.80. The Hall–Kier alpha value is -2.11. The van der Waals surface area contributed by atoms with Crippen LogP contribution in [0.15, 0.2) is 29.6 Å². The molecule has 0 saturated carbocycles. The van der Waals surface area contributed by atoms with Crippen LogP contribution < -0.4 is 10.2 Å². The highest BCUT2D eigenvalue weighted by molar-refractivity contribution is 8.00. The van der Waals surface area contributed by atoms with E-state index in [4.69, 9.17) is 11.6 Å². The van der Waals surface area contributed by atoms with Gasteiger partial charge < -0.3 is 10.2 Å². The van der Waals surface area contributed by atoms with Gasteiger partial charge in [0.1, 0.15) is 16.1 Å². The van der Waals surface area contributed by atoms with E-state index in [0.29, 0.717) is 10.7 Å². The molecule has 0 unspecified atom stereocenters. The molecule has 3 aromatic rings. The third-order valence-corrected chi connectivity index (χ3v) is 7.39. The molecule has 6 nitrogen and oxygen atoms in total. The van der Waals surface area contributed by atoms with Gasteiger partial charge in [0, 0.05) is 18.1 Å². The third kappa shape index (κ3) is 5.44. The lowest BCUT2D eigenvalue weighted by atomic mass is 10.1. The van der Waals surface area contributed by atoms with E-state index in [1.54, 1.807) is 0 Å². The van der Waals surface area contributed by atoms with E-state index in [-0.39, 0.29) is 16.5 Å². The van der Waals surface area contributed by atoms with Crippen molar-refractivity contribution in [3.05, 3.63) is 35.1 Å².